The number of amides is 1. The average molecular weight is 327 g/mol. The summed E-state index contributed by atoms with van der Waals surface area (Å²) in [5.41, 5.74) is 1.98. The minimum Gasteiger partial charge on any atom is -0.494 e. The number of carbonyl (C=O) groups is 1. The molecule has 0 radical (unpaired) electrons. The summed E-state index contributed by atoms with van der Waals surface area (Å²) >= 11 is 0. The molecule has 0 aliphatic heterocycles. The Bertz CT molecular complexity index is 669. The van der Waals surface area contributed by atoms with Crippen molar-refractivity contribution in [3.05, 3.63) is 59.7 Å². The molecule has 0 aliphatic carbocycles. The van der Waals surface area contributed by atoms with Gasteiger partial charge in [0, 0.05) is 12.1 Å². The number of carbonyl (C=O) groups excluding carboxylic acids is 1. The molecule has 1 N–H and O–H groups in total. The van der Waals surface area contributed by atoms with Gasteiger partial charge in [0.15, 0.2) is 6.10 Å². The molecule has 0 fully saturated rings. The van der Waals surface area contributed by atoms with Gasteiger partial charge in [0.05, 0.1) is 6.61 Å². The standard InChI is InChI=1S/C20H25NO3/c1-4-17(24-18-12-8-6-10-15(18)3)20(22)21-14-16-11-7-9-13-19(16)23-5-2/h6-13,17H,4-5,14H2,1-3H3,(H,21,22)/t17-/m1/s1. The summed E-state index contributed by atoms with van der Waals surface area (Å²) < 4.78 is 11.5. The van der Waals surface area contributed by atoms with Gasteiger partial charge in [-0.1, -0.05) is 43.3 Å². The van der Waals surface area contributed by atoms with Gasteiger partial charge in [0.25, 0.3) is 5.91 Å². The van der Waals surface area contributed by atoms with Crippen LogP contribution in [0.3, 0.4) is 0 Å². The van der Waals surface area contributed by atoms with Gasteiger partial charge < -0.3 is 14.8 Å². The quantitative estimate of drug-likeness (QED) is 0.801. The Kier molecular flexibility index (Phi) is 6.67. The van der Waals surface area contributed by atoms with E-state index in [0.717, 1.165) is 22.6 Å². The van der Waals surface area contributed by atoms with Crippen molar-refractivity contribution in [2.24, 2.45) is 0 Å². The molecule has 0 bridgehead atoms. The minimum atomic E-state index is -0.509. The Labute approximate surface area is 143 Å². The van der Waals surface area contributed by atoms with E-state index >= 15 is 0 Å². The highest BCUT2D eigenvalue weighted by Crippen LogP contribution is 2.20. The molecule has 2 aromatic rings. The molecule has 4 nitrogen and oxygen atoms in total. The molecule has 2 aromatic carbocycles. The largest absolute Gasteiger partial charge is 0.494 e. The first-order chi connectivity index (χ1) is 11.7. The molecule has 1 atom stereocenters. The number of ether oxygens (including phenoxy) is 2. The second kappa shape index (κ2) is 8.96. The number of hydrogen-bond acceptors (Lipinski definition) is 3. The summed E-state index contributed by atoms with van der Waals surface area (Å²) in [6.07, 6.45) is 0.0955. The van der Waals surface area contributed by atoms with Crippen molar-refractivity contribution in [3.63, 3.8) is 0 Å². The van der Waals surface area contributed by atoms with Crippen molar-refractivity contribution in [2.45, 2.75) is 39.8 Å². The van der Waals surface area contributed by atoms with Gasteiger partial charge in [0.1, 0.15) is 11.5 Å². The van der Waals surface area contributed by atoms with Crippen LogP contribution in [0.15, 0.2) is 48.5 Å². The van der Waals surface area contributed by atoms with Gasteiger partial charge in [0.2, 0.25) is 0 Å². The lowest BCUT2D eigenvalue weighted by Gasteiger charge is -2.19. The summed E-state index contributed by atoms with van der Waals surface area (Å²) in [6, 6.07) is 15.4. The second-order valence-corrected chi connectivity index (χ2v) is 5.54. The summed E-state index contributed by atoms with van der Waals surface area (Å²) in [7, 11) is 0. The van der Waals surface area contributed by atoms with Gasteiger partial charge in [-0.2, -0.15) is 0 Å². The van der Waals surface area contributed by atoms with E-state index in [1.54, 1.807) is 0 Å². The first kappa shape index (κ1) is 17.9. The maximum absolute atomic E-state index is 12.5. The maximum atomic E-state index is 12.5. The highest BCUT2D eigenvalue weighted by molar-refractivity contribution is 5.81. The third-order valence-corrected chi connectivity index (χ3v) is 3.75. The number of hydrogen-bond donors (Lipinski definition) is 1. The van der Waals surface area contributed by atoms with Crippen LogP contribution in [0, 0.1) is 6.92 Å². The topological polar surface area (TPSA) is 47.6 Å². The van der Waals surface area contributed by atoms with E-state index in [2.05, 4.69) is 5.32 Å². The van der Waals surface area contributed by atoms with Crippen molar-refractivity contribution in [3.8, 4) is 11.5 Å². The van der Waals surface area contributed by atoms with Crippen molar-refractivity contribution in [1.82, 2.24) is 5.32 Å². The van der Waals surface area contributed by atoms with Crippen LogP contribution in [0.5, 0.6) is 11.5 Å². The van der Waals surface area contributed by atoms with Crippen LogP contribution in [-0.4, -0.2) is 18.6 Å². The summed E-state index contributed by atoms with van der Waals surface area (Å²) in [6.45, 7) is 6.87. The first-order valence-electron chi connectivity index (χ1n) is 8.36. The second-order valence-electron chi connectivity index (χ2n) is 5.54. The predicted molar refractivity (Wildman–Crippen MR) is 95.3 cm³/mol. The smallest absolute Gasteiger partial charge is 0.261 e. The van der Waals surface area contributed by atoms with Crippen molar-refractivity contribution >= 4 is 5.91 Å². The third-order valence-electron chi connectivity index (χ3n) is 3.75. The van der Waals surface area contributed by atoms with Crippen LogP contribution in [0.1, 0.15) is 31.4 Å². The highest BCUT2D eigenvalue weighted by atomic mass is 16.5. The monoisotopic (exact) mass is 327 g/mol. The maximum Gasteiger partial charge on any atom is 0.261 e. The van der Waals surface area contributed by atoms with Crippen molar-refractivity contribution < 1.29 is 14.3 Å². The molecule has 0 saturated heterocycles. The zero-order chi connectivity index (χ0) is 17.4. The normalized spacial score (nSPS) is 11.6. The third kappa shape index (κ3) is 4.75. The highest BCUT2D eigenvalue weighted by Gasteiger charge is 2.19. The van der Waals surface area contributed by atoms with E-state index in [0.29, 0.717) is 19.6 Å². The number of benzene rings is 2. The lowest BCUT2D eigenvalue weighted by atomic mass is 10.2. The Balaban J connectivity index is 1.99. The minimum absolute atomic E-state index is 0.118. The summed E-state index contributed by atoms with van der Waals surface area (Å²) in [4.78, 5) is 12.5. The number of para-hydroxylation sites is 2. The molecule has 0 aliphatic rings. The molecular weight excluding hydrogens is 302 g/mol. The molecule has 0 aromatic heterocycles. The molecular formula is C20H25NO3. The van der Waals surface area contributed by atoms with Crippen molar-refractivity contribution in [1.29, 1.82) is 0 Å². The van der Waals surface area contributed by atoms with Crippen LogP contribution in [0.25, 0.3) is 0 Å². The molecule has 128 valence electrons. The molecule has 2 rings (SSSR count). The zero-order valence-electron chi connectivity index (χ0n) is 14.5. The van der Waals surface area contributed by atoms with E-state index in [-0.39, 0.29) is 5.91 Å². The van der Waals surface area contributed by atoms with Gasteiger partial charge in [-0.25, -0.2) is 0 Å². The molecule has 0 spiro atoms. The molecule has 0 unspecified atom stereocenters. The summed E-state index contributed by atoms with van der Waals surface area (Å²) in [5.74, 6) is 1.43. The van der Waals surface area contributed by atoms with E-state index in [1.807, 2.05) is 69.3 Å². The van der Waals surface area contributed by atoms with E-state index in [9.17, 15) is 4.79 Å². The Morgan fingerprint density at radius 1 is 1.04 bits per heavy atom. The fraction of sp³-hybridized carbons (Fsp3) is 0.350. The molecule has 0 saturated carbocycles. The number of aryl methyl sites for hydroxylation is 1. The lowest BCUT2D eigenvalue weighted by Crippen LogP contribution is -2.37. The number of rotatable bonds is 8. The van der Waals surface area contributed by atoms with Gasteiger partial charge >= 0.3 is 0 Å². The van der Waals surface area contributed by atoms with Crippen LogP contribution in [-0.2, 0) is 11.3 Å². The van der Waals surface area contributed by atoms with Crippen LogP contribution in [0.4, 0.5) is 0 Å². The van der Waals surface area contributed by atoms with Crippen LogP contribution >= 0.6 is 0 Å². The predicted octanol–water partition coefficient (Wildman–Crippen LogP) is 3.87. The Morgan fingerprint density at radius 3 is 2.38 bits per heavy atom. The molecule has 0 heterocycles. The average Bonchev–Trinajstić information content (AvgIpc) is 2.60. The molecule has 4 heteroatoms. The first-order valence-corrected chi connectivity index (χ1v) is 8.36. The molecule has 1 amide bonds. The van der Waals surface area contributed by atoms with Gasteiger partial charge in [-0.3, -0.25) is 4.79 Å². The van der Waals surface area contributed by atoms with E-state index in [4.69, 9.17) is 9.47 Å². The van der Waals surface area contributed by atoms with Gasteiger partial charge in [-0.05, 0) is 38.0 Å². The van der Waals surface area contributed by atoms with E-state index < -0.39 is 6.10 Å². The molecule has 24 heavy (non-hydrogen) atoms. The van der Waals surface area contributed by atoms with Crippen LogP contribution in [0.2, 0.25) is 0 Å². The van der Waals surface area contributed by atoms with Crippen molar-refractivity contribution in [2.75, 3.05) is 6.61 Å². The number of nitrogens with one attached hydrogen (secondary N) is 1. The van der Waals surface area contributed by atoms with E-state index in [1.165, 1.54) is 0 Å². The lowest BCUT2D eigenvalue weighted by molar-refractivity contribution is -0.128. The Morgan fingerprint density at radius 2 is 1.71 bits per heavy atom. The fourth-order valence-corrected chi connectivity index (χ4v) is 2.41. The van der Waals surface area contributed by atoms with Gasteiger partial charge in [-0.15, -0.1) is 0 Å². The summed E-state index contributed by atoms with van der Waals surface area (Å²) in [5, 5.41) is 2.94. The zero-order valence-corrected chi connectivity index (χ0v) is 14.5. The van der Waals surface area contributed by atoms with Crippen LogP contribution < -0.4 is 14.8 Å². The SMILES string of the molecule is CCOc1ccccc1CNC(=O)[C@@H](CC)Oc1ccccc1C. The Hall–Kier alpha value is -2.49. The fourth-order valence-electron chi connectivity index (χ4n) is 2.41.